The van der Waals surface area contributed by atoms with Crippen LogP contribution in [0.2, 0.25) is 0 Å². The van der Waals surface area contributed by atoms with Gasteiger partial charge in [-0.1, -0.05) is 30.3 Å². The van der Waals surface area contributed by atoms with Crippen molar-refractivity contribution in [1.29, 1.82) is 0 Å². The molecular weight excluding hydrogens is 182 g/mol. The van der Waals surface area contributed by atoms with Gasteiger partial charge in [-0.3, -0.25) is 4.84 Å². The fourth-order valence-corrected chi connectivity index (χ4v) is 1.21. The maximum absolute atomic E-state index is 5.26. The van der Waals surface area contributed by atoms with E-state index in [0.29, 0.717) is 6.61 Å². The van der Waals surface area contributed by atoms with E-state index in [4.69, 9.17) is 4.84 Å². The van der Waals surface area contributed by atoms with Gasteiger partial charge in [-0.2, -0.15) is 11.8 Å². The highest BCUT2D eigenvalue weighted by molar-refractivity contribution is 7.98. The summed E-state index contributed by atoms with van der Waals surface area (Å²) in [5.41, 5.74) is 4.11. The van der Waals surface area contributed by atoms with Gasteiger partial charge in [-0.05, 0) is 11.8 Å². The van der Waals surface area contributed by atoms with Crippen molar-refractivity contribution in [3.8, 4) is 0 Å². The number of rotatable bonds is 6. The van der Waals surface area contributed by atoms with Crippen molar-refractivity contribution in [3.63, 3.8) is 0 Å². The molecule has 1 aromatic carbocycles. The van der Waals surface area contributed by atoms with Gasteiger partial charge in [0.1, 0.15) is 0 Å². The van der Waals surface area contributed by atoms with Gasteiger partial charge in [0.05, 0.1) is 6.61 Å². The lowest BCUT2D eigenvalue weighted by atomic mass is 10.2. The van der Waals surface area contributed by atoms with Crippen molar-refractivity contribution >= 4 is 11.8 Å². The molecule has 0 aliphatic carbocycles. The molecule has 0 saturated carbocycles. The lowest BCUT2D eigenvalue weighted by Crippen LogP contribution is -2.17. The summed E-state index contributed by atoms with van der Waals surface area (Å²) < 4.78 is 0. The molecule has 1 N–H and O–H groups in total. The van der Waals surface area contributed by atoms with Gasteiger partial charge in [-0.15, -0.1) is 0 Å². The number of benzene rings is 1. The predicted molar refractivity (Wildman–Crippen MR) is 57.6 cm³/mol. The smallest absolute Gasteiger partial charge is 0.0933 e. The van der Waals surface area contributed by atoms with Gasteiger partial charge in [0, 0.05) is 12.3 Å². The largest absolute Gasteiger partial charge is 0.297 e. The Bertz CT molecular complexity index is 215. The molecule has 0 heterocycles. The topological polar surface area (TPSA) is 21.3 Å². The van der Waals surface area contributed by atoms with Crippen LogP contribution in [0.1, 0.15) is 5.56 Å². The van der Waals surface area contributed by atoms with E-state index in [-0.39, 0.29) is 0 Å². The lowest BCUT2D eigenvalue weighted by molar-refractivity contribution is 0.0320. The van der Waals surface area contributed by atoms with Crippen molar-refractivity contribution < 1.29 is 4.84 Å². The summed E-state index contributed by atoms with van der Waals surface area (Å²) in [6, 6.07) is 10.1. The number of nitrogens with one attached hydrogen (secondary N) is 1. The van der Waals surface area contributed by atoms with Gasteiger partial charge in [0.2, 0.25) is 0 Å². The minimum absolute atomic E-state index is 0.634. The van der Waals surface area contributed by atoms with Crippen LogP contribution in [-0.4, -0.2) is 18.6 Å². The second-order valence-corrected chi connectivity index (χ2v) is 3.65. The third kappa shape index (κ3) is 4.93. The number of hydrogen-bond acceptors (Lipinski definition) is 3. The Labute approximate surface area is 83.6 Å². The molecule has 2 nitrogen and oxygen atoms in total. The molecule has 1 rings (SSSR count). The number of hydroxylamine groups is 1. The Hall–Kier alpha value is -0.510. The van der Waals surface area contributed by atoms with E-state index in [1.807, 2.05) is 18.2 Å². The van der Waals surface area contributed by atoms with Crippen molar-refractivity contribution in [2.75, 3.05) is 18.6 Å². The Balaban J connectivity index is 2.07. The zero-order valence-corrected chi connectivity index (χ0v) is 8.64. The van der Waals surface area contributed by atoms with E-state index in [9.17, 15) is 0 Å². The third-order valence-electron chi connectivity index (χ3n) is 1.59. The van der Waals surface area contributed by atoms with Crippen LogP contribution < -0.4 is 5.48 Å². The third-order valence-corrected chi connectivity index (χ3v) is 2.20. The molecule has 0 unspecified atom stereocenters. The molecule has 1 aromatic rings. The van der Waals surface area contributed by atoms with Gasteiger partial charge >= 0.3 is 0 Å². The standard InChI is InChI=1S/C10H15NOS/c1-13-8-7-11-12-9-10-5-3-2-4-6-10/h2-6,11H,7-9H2,1H3. The Kier molecular flexibility index (Phi) is 5.65. The molecule has 0 bridgehead atoms. The molecule has 0 amide bonds. The van der Waals surface area contributed by atoms with Crippen LogP contribution >= 0.6 is 11.8 Å². The maximum Gasteiger partial charge on any atom is 0.0933 e. The van der Waals surface area contributed by atoms with E-state index in [1.54, 1.807) is 11.8 Å². The molecule has 72 valence electrons. The van der Waals surface area contributed by atoms with Crippen LogP contribution in [0.3, 0.4) is 0 Å². The first-order valence-electron chi connectivity index (χ1n) is 4.31. The van der Waals surface area contributed by atoms with E-state index < -0.39 is 0 Å². The summed E-state index contributed by atoms with van der Waals surface area (Å²) in [7, 11) is 0. The molecular formula is C10H15NOS. The van der Waals surface area contributed by atoms with E-state index in [0.717, 1.165) is 12.3 Å². The lowest BCUT2D eigenvalue weighted by Gasteiger charge is -2.04. The Morgan fingerprint density at radius 1 is 1.31 bits per heavy atom. The summed E-state index contributed by atoms with van der Waals surface area (Å²) in [6.45, 7) is 1.53. The normalized spacial score (nSPS) is 10.2. The fourth-order valence-electron chi connectivity index (χ4n) is 0.924. The first-order chi connectivity index (χ1) is 6.43. The molecule has 0 radical (unpaired) electrons. The van der Waals surface area contributed by atoms with Crippen molar-refractivity contribution in [2.24, 2.45) is 0 Å². The van der Waals surface area contributed by atoms with Crippen LogP contribution in [0.5, 0.6) is 0 Å². The maximum atomic E-state index is 5.26. The zero-order valence-electron chi connectivity index (χ0n) is 7.82. The Morgan fingerprint density at radius 2 is 2.08 bits per heavy atom. The fraction of sp³-hybridized carbons (Fsp3) is 0.400. The molecule has 0 aliphatic rings. The Morgan fingerprint density at radius 3 is 2.77 bits per heavy atom. The monoisotopic (exact) mass is 197 g/mol. The average molecular weight is 197 g/mol. The van der Waals surface area contributed by atoms with Crippen molar-refractivity contribution in [2.45, 2.75) is 6.61 Å². The average Bonchev–Trinajstić information content (AvgIpc) is 2.19. The predicted octanol–water partition coefficient (Wildman–Crippen LogP) is 2.07. The number of hydrogen-bond donors (Lipinski definition) is 1. The SMILES string of the molecule is CSCCNOCc1ccccc1. The summed E-state index contributed by atoms with van der Waals surface area (Å²) in [5, 5.41) is 0. The minimum atomic E-state index is 0.634. The molecule has 0 atom stereocenters. The van der Waals surface area contributed by atoms with Gasteiger partial charge in [0.15, 0.2) is 0 Å². The summed E-state index contributed by atoms with van der Waals surface area (Å²) in [6.07, 6.45) is 2.08. The molecule has 3 heteroatoms. The second-order valence-electron chi connectivity index (χ2n) is 2.66. The molecule has 0 aromatic heterocycles. The quantitative estimate of drug-likeness (QED) is 0.557. The first kappa shape index (κ1) is 10.6. The molecule has 13 heavy (non-hydrogen) atoms. The van der Waals surface area contributed by atoms with Crippen LogP contribution in [0.25, 0.3) is 0 Å². The molecule has 0 fully saturated rings. The summed E-state index contributed by atoms with van der Waals surface area (Å²) >= 11 is 1.81. The van der Waals surface area contributed by atoms with E-state index >= 15 is 0 Å². The molecule has 0 spiro atoms. The van der Waals surface area contributed by atoms with Gasteiger partial charge < -0.3 is 0 Å². The summed E-state index contributed by atoms with van der Waals surface area (Å²) in [5.74, 6) is 1.08. The van der Waals surface area contributed by atoms with E-state index in [1.165, 1.54) is 5.56 Å². The van der Waals surface area contributed by atoms with E-state index in [2.05, 4.69) is 23.9 Å². The second kappa shape index (κ2) is 6.95. The zero-order chi connectivity index (χ0) is 9.36. The first-order valence-corrected chi connectivity index (χ1v) is 5.70. The molecule has 0 saturated heterocycles. The molecule has 0 aliphatic heterocycles. The minimum Gasteiger partial charge on any atom is -0.297 e. The van der Waals surface area contributed by atoms with Crippen LogP contribution in [0, 0.1) is 0 Å². The highest BCUT2D eigenvalue weighted by atomic mass is 32.2. The van der Waals surface area contributed by atoms with Crippen LogP contribution in [-0.2, 0) is 11.4 Å². The van der Waals surface area contributed by atoms with Crippen LogP contribution in [0.15, 0.2) is 30.3 Å². The van der Waals surface area contributed by atoms with Gasteiger partial charge in [-0.25, -0.2) is 5.48 Å². The highest BCUT2D eigenvalue weighted by Gasteiger charge is 1.90. The van der Waals surface area contributed by atoms with Gasteiger partial charge in [0.25, 0.3) is 0 Å². The summed E-state index contributed by atoms with van der Waals surface area (Å²) in [4.78, 5) is 5.26. The van der Waals surface area contributed by atoms with Crippen molar-refractivity contribution in [1.82, 2.24) is 5.48 Å². The van der Waals surface area contributed by atoms with Crippen molar-refractivity contribution in [3.05, 3.63) is 35.9 Å². The highest BCUT2D eigenvalue weighted by Crippen LogP contribution is 1.98. The van der Waals surface area contributed by atoms with Crippen LogP contribution in [0.4, 0.5) is 0 Å². The number of thioether (sulfide) groups is 1.